The van der Waals surface area contributed by atoms with Gasteiger partial charge < -0.3 is 0 Å². The maximum atomic E-state index is 12.2. The van der Waals surface area contributed by atoms with Gasteiger partial charge in [-0.3, -0.25) is 0 Å². The highest BCUT2D eigenvalue weighted by Crippen LogP contribution is 2.36. The maximum Gasteiger partial charge on any atom is 0.442 e. The van der Waals surface area contributed by atoms with Crippen molar-refractivity contribution in [1.82, 2.24) is 0 Å². The lowest BCUT2D eigenvalue weighted by atomic mass is 10.1. The van der Waals surface area contributed by atoms with Crippen molar-refractivity contribution in [1.29, 1.82) is 0 Å². The third-order valence-electron chi connectivity index (χ3n) is 2.13. The lowest BCUT2D eigenvalue weighted by molar-refractivity contribution is -0.0334. The van der Waals surface area contributed by atoms with E-state index in [2.05, 4.69) is 15.9 Å². The van der Waals surface area contributed by atoms with Crippen LogP contribution in [0.1, 0.15) is 18.9 Å². The Bertz CT molecular complexity index is 321. The number of alkyl halides is 3. The average Bonchev–Trinajstić information content (AvgIpc) is 2.18. The lowest BCUT2D eigenvalue weighted by Gasteiger charge is -2.16. The fraction of sp³-hybridized carbons (Fsp3) is 0.455. The predicted molar refractivity (Wildman–Crippen MR) is 65.6 cm³/mol. The van der Waals surface area contributed by atoms with Crippen LogP contribution >= 0.6 is 27.7 Å². The van der Waals surface area contributed by atoms with Crippen LogP contribution in [0.4, 0.5) is 13.2 Å². The molecule has 1 atom stereocenters. The smallest absolute Gasteiger partial charge is 0.160 e. The Kier molecular flexibility index (Phi) is 5.18. The summed E-state index contributed by atoms with van der Waals surface area (Å²) in [7, 11) is 0. The highest BCUT2D eigenvalue weighted by molar-refractivity contribution is 9.10. The van der Waals surface area contributed by atoms with Crippen molar-refractivity contribution in [3.8, 4) is 0 Å². The largest absolute Gasteiger partial charge is 0.442 e. The van der Waals surface area contributed by atoms with Crippen molar-refractivity contribution < 1.29 is 13.2 Å². The van der Waals surface area contributed by atoms with Gasteiger partial charge in [0, 0.05) is 9.72 Å². The molecule has 5 heteroatoms. The zero-order chi connectivity index (χ0) is 12.2. The lowest BCUT2D eigenvalue weighted by Crippen LogP contribution is -2.13. The summed E-state index contributed by atoms with van der Waals surface area (Å²) in [5.41, 5.74) is -3.21. The van der Waals surface area contributed by atoms with E-state index in [1.807, 2.05) is 24.3 Å². The predicted octanol–water partition coefficient (Wildman–Crippen LogP) is 5.02. The Hall–Kier alpha value is -0.160. The number of thioether (sulfide) groups is 1. The van der Waals surface area contributed by atoms with Gasteiger partial charge in [-0.25, -0.2) is 0 Å². The SMILES string of the molecule is CC[C@@H](Cc1ccc(Br)cc1)SC(F)(F)F. The van der Waals surface area contributed by atoms with Crippen LogP contribution < -0.4 is 0 Å². The minimum Gasteiger partial charge on any atom is -0.160 e. The molecule has 0 aliphatic heterocycles. The normalized spacial score (nSPS) is 13.8. The summed E-state index contributed by atoms with van der Waals surface area (Å²) in [6.45, 7) is 1.78. The molecular formula is C11H12BrF3S. The molecule has 0 saturated carbocycles. The van der Waals surface area contributed by atoms with E-state index in [9.17, 15) is 13.2 Å². The van der Waals surface area contributed by atoms with E-state index in [1.54, 1.807) is 6.92 Å². The van der Waals surface area contributed by atoms with Crippen molar-refractivity contribution >= 4 is 27.7 Å². The molecule has 0 amide bonds. The number of hydrogen-bond donors (Lipinski definition) is 0. The molecule has 1 aromatic rings. The topological polar surface area (TPSA) is 0 Å². The second-order valence-corrected chi connectivity index (χ2v) is 5.71. The number of benzene rings is 1. The van der Waals surface area contributed by atoms with Crippen LogP contribution in [-0.4, -0.2) is 10.8 Å². The third-order valence-corrected chi connectivity index (χ3v) is 3.76. The molecule has 1 aromatic carbocycles. The fourth-order valence-electron chi connectivity index (χ4n) is 1.34. The first-order valence-corrected chi connectivity index (χ1v) is 6.57. The van der Waals surface area contributed by atoms with Crippen molar-refractivity contribution in [2.45, 2.75) is 30.5 Å². The Balaban J connectivity index is 2.60. The molecule has 0 unspecified atom stereocenters. The summed E-state index contributed by atoms with van der Waals surface area (Å²) < 4.78 is 37.6. The van der Waals surface area contributed by atoms with E-state index in [1.165, 1.54) is 0 Å². The van der Waals surface area contributed by atoms with E-state index in [0.717, 1.165) is 10.0 Å². The summed E-state index contributed by atoms with van der Waals surface area (Å²) in [4.78, 5) is 0. The molecule has 0 heterocycles. The van der Waals surface area contributed by atoms with Crippen molar-refractivity contribution in [3.05, 3.63) is 34.3 Å². The van der Waals surface area contributed by atoms with E-state index in [4.69, 9.17) is 0 Å². The average molecular weight is 313 g/mol. The summed E-state index contributed by atoms with van der Waals surface area (Å²) in [6, 6.07) is 7.40. The van der Waals surface area contributed by atoms with Gasteiger partial charge in [0.05, 0.1) is 0 Å². The van der Waals surface area contributed by atoms with Crippen molar-refractivity contribution in [2.24, 2.45) is 0 Å². The highest BCUT2D eigenvalue weighted by Gasteiger charge is 2.32. The molecule has 1 rings (SSSR count). The van der Waals surface area contributed by atoms with E-state index in [-0.39, 0.29) is 11.8 Å². The van der Waals surface area contributed by atoms with Gasteiger partial charge in [0.2, 0.25) is 0 Å². The molecule has 16 heavy (non-hydrogen) atoms. The van der Waals surface area contributed by atoms with Crippen LogP contribution in [0, 0.1) is 0 Å². The van der Waals surface area contributed by atoms with Crippen LogP contribution in [-0.2, 0) is 6.42 Å². The second-order valence-electron chi connectivity index (χ2n) is 3.42. The summed E-state index contributed by atoms with van der Waals surface area (Å²) in [6.07, 6.45) is 0.966. The van der Waals surface area contributed by atoms with Gasteiger partial charge in [-0.15, -0.1) is 0 Å². The molecule has 0 aliphatic rings. The first kappa shape index (κ1) is 13.9. The minimum atomic E-state index is -4.14. The van der Waals surface area contributed by atoms with Gasteiger partial charge in [-0.05, 0) is 42.3 Å². The monoisotopic (exact) mass is 312 g/mol. The van der Waals surface area contributed by atoms with E-state index < -0.39 is 10.8 Å². The maximum absolute atomic E-state index is 12.2. The van der Waals surface area contributed by atoms with Crippen molar-refractivity contribution in [2.75, 3.05) is 0 Å². The molecule has 90 valence electrons. The Morgan fingerprint density at radius 2 is 1.81 bits per heavy atom. The van der Waals surface area contributed by atoms with Gasteiger partial charge in [0.15, 0.2) is 0 Å². The third kappa shape index (κ3) is 5.25. The number of hydrogen-bond acceptors (Lipinski definition) is 1. The molecule has 0 spiro atoms. The van der Waals surface area contributed by atoms with E-state index in [0.29, 0.717) is 12.8 Å². The van der Waals surface area contributed by atoms with Gasteiger partial charge in [-0.1, -0.05) is 35.0 Å². The van der Waals surface area contributed by atoms with E-state index >= 15 is 0 Å². The molecule has 0 bridgehead atoms. The van der Waals surface area contributed by atoms with Gasteiger partial charge in [-0.2, -0.15) is 13.2 Å². The molecule has 0 fully saturated rings. The zero-order valence-corrected chi connectivity index (χ0v) is 11.1. The van der Waals surface area contributed by atoms with Crippen LogP contribution in [0.3, 0.4) is 0 Å². The van der Waals surface area contributed by atoms with Gasteiger partial charge >= 0.3 is 5.51 Å². The number of halogens is 4. The Labute approximate surface area is 106 Å². The minimum absolute atomic E-state index is 0.0892. The van der Waals surface area contributed by atoms with Crippen molar-refractivity contribution in [3.63, 3.8) is 0 Å². The second kappa shape index (κ2) is 5.96. The van der Waals surface area contributed by atoms with Gasteiger partial charge in [0.1, 0.15) is 0 Å². The molecule has 0 aromatic heterocycles. The molecule has 0 saturated heterocycles. The quantitative estimate of drug-likeness (QED) is 0.752. The van der Waals surface area contributed by atoms with Crippen LogP contribution in [0.25, 0.3) is 0 Å². The number of rotatable bonds is 4. The summed E-state index contributed by atoms with van der Waals surface area (Å²) >= 11 is 3.38. The first-order valence-electron chi connectivity index (χ1n) is 4.89. The first-order chi connectivity index (χ1) is 7.40. The standard InChI is InChI=1S/C11H12BrF3S/c1-2-10(16-11(13,14)15)7-8-3-5-9(12)6-4-8/h3-6,10H,2,7H2,1H3/t10-/m0/s1. The van der Waals surface area contributed by atoms with Crippen LogP contribution in [0.5, 0.6) is 0 Å². The summed E-state index contributed by atoms with van der Waals surface area (Å²) in [5, 5.41) is -0.402. The molecule has 0 radical (unpaired) electrons. The van der Waals surface area contributed by atoms with Crippen LogP contribution in [0.15, 0.2) is 28.7 Å². The zero-order valence-electron chi connectivity index (χ0n) is 8.72. The molecule has 0 N–H and O–H groups in total. The molecular weight excluding hydrogens is 301 g/mol. The van der Waals surface area contributed by atoms with Gasteiger partial charge in [0.25, 0.3) is 0 Å². The highest BCUT2D eigenvalue weighted by atomic mass is 79.9. The Morgan fingerprint density at radius 3 is 2.25 bits per heavy atom. The summed E-state index contributed by atoms with van der Waals surface area (Å²) in [5.74, 6) is 0. The molecule has 0 aliphatic carbocycles. The molecule has 0 nitrogen and oxygen atoms in total. The fourth-order valence-corrected chi connectivity index (χ4v) is 2.43. The van der Waals surface area contributed by atoms with Crippen LogP contribution in [0.2, 0.25) is 0 Å². The Morgan fingerprint density at radius 1 is 1.25 bits per heavy atom.